The fourth-order valence-corrected chi connectivity index (χ4v) is 7.71. The molecule has 0 N–H and O–H groups in total. The van der Waals surface area contributed by atoms with Crippen LogP contribution in [0.4, 0.5) is 17.2 Å². The minimum atomic E-state index is -0.500. The molecule has 10 heteroatoms. The second kappa shape index (κ2) is 14.9. The summed E-state index contributed by atoms with van der Waals surface area (Å²) in [6, 6.07) is 22.2. The van der Waals surface area contributed by atoms with E-state index >= 15 is 0 Å². The number of piperazine rings is 1. The Balaban J connectivity index is 1.15. The highest BCUT2D eigenvalue weighted by Gasteiger charge is 2.35. The van der Waals surface area contributed by atoms with Gasteiger partial charge < -0.3 is 9.80 Å². The molecule has 3 aromatic carbocycles. The van der Waals surface area contributed by atoms with E-state index in [1.165, 1.54) is 5.56 Å². The fourth-order valence-electron chi connectivity index (χ4n) is 7.43. The number of pyridine rings is 1. The van der Waals surface area contributed by atoms with Crippen LogP contribution in [0.25, 0.3) is 0 Å². The Hall–Kier alpha value is -4.54. The van der Waals surface area contributed by atoms with Gasteiger partial charge in [-0.15, -0.1) is 0 Å². The van der Waals surface area contributed by atoms with Crippen LogP contribution in [0.3, 0.4) is 0 Å². The standard InChI is InChI=1S/C39H42ClN7O2/c1-4-31-25-45(17-18-46(31)32-13-15-44(16-14-32)23-29-9-5-27(20-41)6-10-29)39-34(40)19-33(22-43-39)47(24-30-11-7-28(21-42)8-12-30)36-35(26(2)3)37(48)38(36)49/h5-12,19,22,26,31-32H,4,13-18,23-25H2,1-3H3/t31-/m0/s1. The molecule has 4 aromatic rings. The molecule has 0 saturated carbocycles. The molecule has 2 aliphatic heterocycles. The summed E-state index contributed by atoms with van der Waals surface area (Å²) in [6.07, 6.45) is 5.04. The third-order valence-electron chi connectivity index (χ3n) is 10.1. The van der Waals surface area contributed by atoms with Gasteiger partial charge in [-0.2, -0.15) is 10.5 Å². The van der Waals surface area contributed by atoms with Crippen molar-refractivity contribution in [2.45, 2.75) is 71.1 Å². The Labute approximate surface area is 293 Å². The van der Waals surface area contributed by atoms with Crippen LogP contribution in [-0.2, 0) is 13.1 Å². The van der Waals surface area contributed by atoms with E-state index in [1.807, 2.05) is 49.1 Å². The average Bonchev–Trinajstić information content (AvgIpc) is 3.13. The molecule has 3 heterocycles. The largest absolute Gasteiger partial charge is 0.353 e. The van der Waals surface area contributed by atoms with E-state index in [-0.39, 0.29) is 5.92 Å². The maximum atomic E-state index is 13.0. The molecule has 1 aromatic heterocycles. The highest BCUT2D eigenvalue weighted by atomic mass is 35.5. The Bertz CT molecular complexity index is 1930. The van der Waals surface area contributed by atoms with Crippen molar-refractivity contribution in [3.63, 3.8) is 0 Å². The van der Waals surface area contributed by atoms with Crippen LogP contribution in [0.15, 0.2) is 70.4 Å². The molecule has 0 amide bonds. The van der Waals surface area contributed by atoms with Crippen LogP contribution < -0.4 is 20.7 Å². The molecular formula is C39H42ClN7O2. The monoisotopic (exact) mass is 675 g/mol. The van der Waals surface area contributed by atoms with Crippen LogP contribution in [0.1, 0.15) is 73.8 Å². The van der Waals surface area contributed by atoms with Crippen molar-refractivity contribution in [1.29, 1.82) is 10.5 Å². The van der Waals surface area contributed by atoms with Gasteiger partial charge in [0.1, 0.15) is 11.5 Å². The summed E-state index contributed by atoms with van der Waals surface area (Å²) in [5.41, 5.74) is 3.99. The van der Waals surface area contributed by atoms with Gasteiger partial charge >= 0.3 is 0 Å². The van der Waals surface area contributed by atoms with Crippen molar-refractivity contribution >= 4 is 28.8 Å². The molecule has 0 spiro atoms. The summed E-state index contributed by atoms with van der Waals surface area (Å²) in [5.74, 6) is 0.622. The number of nitriles is 2. The Morgan fingerprint density at radius 1 is 0.918 bits per heavy atom. The normalized spacial score (nSPS) is 17.7. The van der Waals surface area contributed by atoms with Crippen LogP contribution in [-0.4, -0.2) is 59.6 Å². The van der Waals surface area contributed by atoms with E-state index in [1.54, 1.807) is 18.3 Å². The van der Waals surface area contributed by atoms with Gasteiger partial charge in [0.15, 0.2) is 0 Å². The molecule has 2 aliphatic rings. The SMILES string of the molecule is CC[C@H]1CN(c2ncc(N(Cc3ccc(C#N)cc3)c3c(C(C)C)c(=O)c3=O)cc2Cl)CCN1C1CCN(Cc2ccc(C#N)cc2)CC1. The summed E-state index contributed by atoms with van der Waals surface area (Å²) >= 11 is 6.98. The van der Waals surface area contributed by atoms with Crippen LogP contribution in [0.2, 0.25) is 5.02 Å². The summed E-state index contributed by atoms with van der Waals surface area (Å²) in [5, 5.41) is 18.8. The number of piperidine rings is 1. The van der Waals surface area contributed by atoms with Gasteiger partial charge in [0, 0.05) is 50.4 Å². The van der Waals surface area contributed by atoms with Gasteiger partial charge in [0.25, 0.3) is 0 Å². The zero-order valence-electron chi connectivity index (χ0n) is 28.4. The predicted molar refractivity (Wildman–Crippen MR) is 194 cm³/mol. The van der Waals surface area contributed by atoms with E-state index < -0.39 is 10.9 Å². The zero-order valence-corrected chi connectivity index (χ0v) is 29.2. The minimum Gasteiger partial charge on any atom is -0.353 e. The van der Waals surface area contributed by atoms with Crippen molar-refractivity contribution in [2.75, 3.05) is 42.5 Å². The number of anilines is 3. The second-order valence-electron chi connectivity index (χ2n) is 13.5. The van der Waals surface area contributed by atoms with Crippen LogP contribution in [0, 0.1) is 22.7 Å². The lowest BCUT2D eigenvalue weighted by molar-refractivity contribution is 0.0610. The number of aromatic nitrogens is 1. The lowest BCUT2D eigenvalue weighted by Gasteiger charge is -2.48. The topological polar surface area (TPSA) is 108 Å². The van der Waals surface area contributed by atoms with Crippen molar-refractivity contribution in [3.8, 4) is 12.1 Å². The molecule has 252 valence electrons. The molecule has 2 fully saturated rings. The number of nitrogens with zero attached hydrogens (tertiary/aromatic N) is 7. The Kier molecular flexibility index (Phi) is 10.5. The zero-order chi connectivity index (χ0) is 34.7. The molecule has 0 unspecified atom stereocenters. The average molecular weight is 676 g/mol. The molecule has 2 saturated heterocycles. The highest BCUT2D eigenvalue weighted by Crippen LogP contribution is 2.36. The van der Waals surface area contributed by atoms with Crippen molar-refractivity contribution in [2.24, 2.45) is 0 Å². The van der Waals surface area contributed by atoms with E-state index in [0.717, 1.165) is 69.9 Å². The lowest BCUT2D eigenvalue weighted by Crippen LogP contribution is -2.58. The number of halogens is 1. The van der Waals surface area contributed by atoms with Crippen molar-refractivity contribution < 1.29 is 0 Å². The molecule has 0 aliphatic carbocycles. The smallest absolute Gasteiger partial charge is 0.250 e. The van der Waals surface area contributed by atoms with Crippen molar-refractivity contribution in [3.05, 3.63) is 114 Å². The van der Waals surface area contributed by atoms with Crippen LogP contribution >= 0.6 is 11.6 Å². The Morgan fingerprint density at radius 3 is 2.12 bits per heavy atom. The highest BCUT2D eigenvalue weighted by molar-refractivity contribution is 6.33. The summed E-state index contributed by atoms with van der Waals surface area (Å²) in [6.45, 7) is 12.0. The minimum absolute atomic E-state index is 0.108. The molecule has 0 bridgehead atoms. The van der Waals surface area contributed by atoms with Gasteiger partial charge in [-0.1, -0.05) is 56.6 Å². The number of hydrogen-bond donors (Lipinski definition) is 0. The predicted octanol–water partition coefficient (Wildman–Crippen LogP) is 6.10. The van der Waals surface area contributed by atoms with Gasteiger partial charge in [0.05, 0.1) is 40.2 Å². The third kappa shape index (κ3) is 7.26. The number of rotatable bonds is 10. The molecule has 49 heavy (non-hydrogen) atoms. The van der Waals surface area contributed by atoms with Gasteiger partial charge in [0.2, 0.25) is 10.9 Å². The first-order chi connectivity index (χ1) is 23.7. The van der Waals surface area contributed by atoms with Gasteiger partial charge in [-0.3, -0.25) is 19.4 Å². The molecule has 6 rings (SSSR count). The number of benzene rings is 2. The molecule has 9 nitrogen and oxygen atoms in total. The molecule has 0 radical (unpaired) electrons. The maximum absolute atomic E-state index is 13.0. The maximum Gasteiger partial charge on any atom is 0.250 e. The van der Waals surface area contributed by atoms with Crippen LogP contribution in [0.5, 0.6) is 0 Å². The number of likely N-dealkylation sites (tertiary alicyclic amines) is 1. The van der Waals surface area contributed by atoms with E-state index in [9.17, 15) is 14.9 Å². The summed E-state index contributed by atoms with van der Waals surface area (Å²) < 4.78 is 0. The molecular weight excluding hydrogens is 634 g/mol. The Morgan fingerprint density at radius 2 is 1.55 bits per heavy atom. The van der Waals surface area contributed by atoms with Gasteiger partial charge in [-0.25, -0.2) is 4.98 Å². The van der Waals surface area contributed by atoms with E-state index in [4.69, 9.17) is 21.8 Å². The fraction of sp³-hybridized carbons (Fsp3) is 0.410. The number of hydrogen-bond acceptors (Lipinski definition) is 9. The summed E-state index contributed by atoms with van der Waals surface area (Å²) in [7, 11) is 0. The van der Waals surface area contributed by atoms with Gasteiger partial charge in [-0.05, 0) is 79.7 Å². The first-order valence-electron chi connectivity index (χ1n) is 17.2. The molecule has 1 atom stereocenters. The quantitative estimate of drug-likeness (QED) is 0.184. The summed E-state index contributed by atoms with van der Waals surface area (Å²) in [4.78, 5) is 39.7. The van der Waals surface area contributed by atoms with E-state index in [2.05, 4.69) is 45.9 Å². The van der Waals surface area contributed by atoms with Crippen molar-refractivity contribution in [1.82, 2.24) is 14.8 Å². The lowest BCUT2D eigenvalue weighted by atomic mass is 9.94. The second-order valence-corrected chi connectivity index (χ2v) is 13.9. The third-order valence-corrected chi connectivity index (χ3v) is 10.4. The first kappa shape index (κ1) is 34.3. The van der Waals surface area contributed by atoms with E-state index in [0.29, 0.717) is 51.7 Å². The first-order valence-corrected chi connectivity index (χ1v) is 17.6.